The van der Waals surface area contributed by atoms with Crippen molar-refractivity contribution in [2.75, 3.05) is 6.61 Å². The van der Waals surface area contributed by atoms with Crippen molar-refractivity contribution in [2.24, 2.45) is 0 Å². The fourth-order valence-corrected chi connectivity index (χ4v) is 2.74. The first-order valence-electron chi connectivity index (χ1n) is 6.71. The van der Waals surface area contributed by atoms with Gasteiger partial charge in [0, 0.05) is 0 Å². The smallest absolute Gasteiger partial charge is 0.341 e. The van der Waals surface area contributed by atoms with E-state index in [0.29, 0.717) is 0 Å². The second-order valence-corrected chi connectivity index (χ2v) is 6.11. The molecule has 0 aliphatic carbocycles. The summed E-state index contributed by atoms with van der Waals surface area (Å²) in [6, 6.07) is 12.3. The SMILES string of the molecule is CCOC(=O)c1ccccc1OS(=O)(=O)c1ccc(C)cc1. The van der Waals surface area contributed by atoms with Crippen LogP contribution in [0.15, 0.2) is 53.4 Å². The molecule has 6 heteroatoms. The van der Waals surface area contributed by atoms with E-state index in [4.69, 9.17) is 8.92 Å². The summed E-state index contributed by atoms with van der Waals surface area (Å²) in [4.78, 5) is 11.9. The number of benzene rings is 2. The van der Waals surface area contributed by atoms with Crippen LogP contribution in [0.4, 0.5) is 0 Å². The maximum absolute atomic E-state index is 12.3. The second kappa shape index (κ2) is 6.62. The number of para-hydroxylation sites is 1. The van der Waals surface area contributed by atoms with Gasteiger partial charge in [-0.05, 0) is 38.1 Å². The largest absolute Gasteiger partial charge is 0.462 e. The fourth-order valence-electron chi connectivity index (χ4n) is 1.79. The Morgan fingerprint density at radius 2 is 1.68 bits per heavy atom. The van der Waals surface area contributed by atoms with Gasteiger partial charge in [-0.15, -0.1) is 0 Å². The molecule has 5 nitrogen and oxygen atoms in total. The molecule has 116 valence electrons. The van der Waals surface area contributed by atoms with Crippen LogP contribution in [0.25, 0.3) is 0 Å². The van der Waals surface area contributed by atoms with Gasteiger partial charge in [-0.1, -0.05) is 29.8 Å². The average molecular weight is 320 g/mol. The van der Waals surface area contributed by atoms with E-state index >= 15 is 0 Å². The minimum atomic E-state index is -4.01. The average Bonchev–Trinajstić information content (AvgIpc) is 2.48. The van der Waals surface area contributed by atoms with Crippen LogP contribution >= 0.6 is 0 Å². The lowest BCUT2D eigenvalue weighted by molar-refractivity contribution is 0.0524. The first kappa shape index (κ1) is 16.0. The van der Waals surface area contributed by atoms with Crippen molar-refractivity contribution in [1.29, 1.82) is 0 Å². The predicted octanol–water partition coefficient (Wildman–Crippen LogP) is 2.94. The number of ether oxygens (including phenoxy) is 1. The Kier molecular flexibility index (Phi) is 4.82. The van der Waals surface area contributed by atoms with Crippen molar-refractivity contribution < 1.29 is 22.1 Å². The van der Waals surface area contributed by atoms with Gasteiger partial charge in [0.15, 0.2) is 5.75 Å². The molecule has 0 radical (unpaired) electrons. The number of rotatable bonds is 5. The normalized spacial score (nSPS) is 11.0. The Hall–Kier alpha value is -2.34. The van der Waals surface area contributed by atoms with Crippen molar-refractivity contribution in [1.82, 2.24) is 0 Å². The fraction of sp³-hybridized carbons (Fsp3) is 0.188. The number of esters is 1. The van der Waals surface area contributed by atoms with Crippen LogP contribution in [0.5, 0.6) is 5.75 Å². The molecule has 0 unspecified atom stereocenters. The molecule has 0 aliphatic rings. The number of carbonyl (C=O) groups is 1. The third-order valence-electron chi connectivity index (χ3n) is 2.89. The molecule has 2 aromatic carbocycles. The zero-order valence-corrected chi connectivity index (χ0v) is 13.1. The molecule has 0 amide bonds. The Morgan fingerprint density at radius 3 is 2.32 bits per heavy atom. The third kappa shape index (κ3) is 3.65. The van der Waals surface area contributed by atoms with Crippen LogP contribution < -0.4 is 4.18 Å². The summed E-state index contributed by atoms with van der Waals surface area (Å²) in [5.74, 6) is -0.682. The molecule has 0 fully saturated rings. The molecule has 22 heavy (non-hydrogen) atoms. The monoisotopic (exact) mass is 320 g/mol. The second-order valence-electron chi connectivity index (χ2n) is 4.57. The molecule has 2 aromatic rings. The molecule has 0 heterocycles. The van der Waals surface area contributed by atoms with E-state index in [0.717, 1.165) is 5.56 Å². The zero-order chi connectivity index (χ0) is 16.2. The van der Waals surface area contributed by atoms with Crippen LogP contribution in [0, 0.1) is 6.92 Å². The first-order chi connectivity index (χ1) is 10.4. The third-order valence-corrected chi connectivity index (χ3v) is 4.14. The quantitative estimate of drug-likeness (QED) is 0.626. The van der Waals surface area contributed by atoms with Gasteiger partial charge in [-0.25, -0.2) is 4.79 Å². The van der Waals surface area contributed by atoms with Crippen LogP contribution in [0.1, 0.15) is 22.8 Å². The van der Waals surface area contributed by atoms with Crippen molar-refractivity contribution in [3.05, 3.63) is 59.7 Å². The van der Waals surface area contributed by atoms with Gasteiger partial charge in [0.2, 0.25) is 0 Å². The highest BCUT2D eigenvalue weighted by Gasteiger charge is 2.21. The van der Waals surface area contributed by atoms with E-state index in [1.807, 2.05) is 6.92 Å². The van der Waals surface area contributed by atoms with Gasteiger partial charge in [-0.3, -0.25) is 0 Å². The Labute approximate surface area is 129 Å². The number of hydrogen-bond acceptors (Lipinski definition) is 5. The minimum absolute atomic E-state index is 0.0248. The van der Waals surface area contributed by atoms with Crippen molar-refractivity contribution in [3.63, 3.8) is 0 Å². The number of carbonyl (C=O) groups excluding carboxylic acids is 1. The summed E-state index contributed by atoms with van der Waals surface area (Å²) < 4.78 is 34.5. The molecule has 0 spiro atoms. The lowest BCUT2D eigenvalue weighted by Gasteiger charge is -2.10. The Balaban J connectivity index is 2.34. The van der Waals surface area contributed by atoms with E-state index in [1.165, 1.54) is 24.3 Å². The molecular weight excluding hydrogens is 304 g/mol. The van der Waals surface area contributed by atoms with E-state index in [9.17, 15) is 13.2 Å². The van der Waals surface area contributed by atoms with Gasteiger partial charge in [0.05, 0.1) is 6.61 Å². The maximum Gasteiger partial charge on any atom is 0.341 e. The lowest BCUT2D eigenvalue weighted by atomic mass is 10.2. The van der Waals surface area contributed by atoms with Crippen molar-refractivity contribution >= 4 is 16.1 Å². The predicted molar refractivity (Wildman–Crippen MR) is 81.4 cm³/mol. The van der Waals surface area contributed by atoms with Gasteiger partial charge < -0.3 is 8.92 Å². The summed E-state index contributed by atoms with van der Waals surface area (Å²) in [5.41, 5.74) is 1.01. The zero-order valence-electron chi connectivity index (χ0n) is 12.3. The highest BCUT2D eigenvalue weighted by atomic mass is 32.2. The standard InChI is InChI=1S/C16H16O5S/c1-3-20-16(17)14-6-4-5-7-15(14)21-22(18,19)13-10-8-12(2)9-11-13/h4-11H,3H2,1-2H3. The summed E-state index contributed by atoms with van der Waals surface area (Å²) in [6.07, 6.45) is 0. The highest BCUT2D eigenvalue weighted by Crippen LogP contribution is 2.24. The molecule has 0 bridgehead atoms. The summed E-state index contributed by atoms with van der Waals surface area (Å²) >= 11 is 0. The van der Waals surface area contributed by atoms with Gasteiger partial charge in [-0.2, -0.15) is 8.42 Å². The molecule has 0 N–H and O–H groups in total. The van der Waals surface area contributed by atoms with Crippen LogP contribution in [-0.4, -0.2) is 21.0 Å². The van der Waals surface area contributed by atoms with E-state index in [1.54, 1.807) is 31.2 Å². The summed E-state index contributed by atoms with van der Waals surface area (Å²) in [7, 11) is -4.01. The number of aryl methyl sites for hydroxylation is 1. The van der Waals surface area contributed by atoms with Gasteiger partial charge >= 0.3 is 16.1 Å². The molecular formula is C16H16O5S. The van der Waals surface area contributed by atoms with E-state index in [2.05, 4.69) is 0 Å². The number of hydrogen-bond donors (Lipinski definition) is 0. The van der Waals surface area contributed by atoms with Crippen LogP contribution in [0.2, 0.25) is 0 Å². The maximum atomic E-state index is 12.3. The van der Waals surface area contributed by atoms with Gasteiger partial charge in [0.1, 0.15) is 10.5 Å². The Bertz CT molecular complexity index is 763. The van der Waals surface area contributed by atoms with Crippen molar-refractivity contribution in [2.45, 2.75) is 18.7 Å². The molecule has 0 saturated carbocycles. The molecule has 0 atom stereocenters. The van der Waals surface area contributed by atoms with Crippen LogP contribution in [0.3, 0.4) is 0 Å². The van der Waals surface area contributed by atoms with E-state index in [-0.39, 0.29) is 22.8 Å². The van der Waals surface area contributed by atoms with E-state index < -0.39 is 16.1 Å². The minimum Gasteiger partial charge on any atom is -0.462 e. The van der Waals surface area contributed by atoms with Crippen LogP contribution in [-0.2, 0) is 14.9 Å². The topological polar surface area (TPSA) is 69.7 Å². The molecule has 0 aliphatic heterocycles. The molecule has 0 aromatic heterocycles. The first-order valence-corrected chi connectivity index (χ1v) is 8.12. The summed E-state index contributed by atoms with van der Waals surface area (Å²) in [5, 5.41) is 0. The van der Waals surface area contributed by atoms with Crippen molar-refractivity contribution in [3.8, 4) is 5.75 Å². The lowest BCUT2D eigenvalue weighted by Crippen LogP contribution is -2.13. The Morgan fingerprint density at radius 1 is 1.05 bits per heavy atom. The molecule has 0 saturated heterocycles. The highest BCUT2D eigenvalue weighted by molar-refractivity contribution is 7.87. The molecule has 2 rings (SSSR count). The van der Waals surface area contributed by atoms with Gasteiger partial charge in [0.25, 0.3) is 0 Å². The summed E-state index contributed by atoms with van der Waals surface area (Å²) in [6.45, 7) is 3.72.